The summed E-state index contributed by atoms with van der Waals surface area (Å²) in [6, 6.07) is 6.16. The van der Waals surface area contributed by atoms with Gasteiger partial charge in [-0.1, -0.05) is 19.9 Å². The Bertz CT molecular complexity index is 535. The molecular weight excluding hydrogens is 287 g/mol. The van der Waals surface area contributed by atoms with Crippen molar-refractivity contribution >= 4 is 17.2 Å². The lowest BCUT2D eigenvalue weighted by Crippen LogP contribution is -2.17. The number of hydrogen-bond acceptors (Lipinski definition) is 4. The fraction of sp³-hybridized carbons (Fsp3) is 0.385. The van der Waals surface area contributed by atoms with Crippen molar-refractivity contribution in [1.29, 1.82) is 0 Å². The van der Waals surface area contributed by atoms with Crippen LogP contribution in [0.4, 0.5) is 19.0 Å². The summed E-state index contributed by atoms with van der Waals surface area (Å²) in [7, 11) is 0. The van der Waals surface area contributed by atoms with Gasteiger partial charge in [-0.05, 0) is 29.5 Å². The van der Waals surface area contributed by atoms with E-state index in [-0.39, 0.29) is 12.0 Å². The highest BCUT2D eigenvalue weighted by atomic mass is 32.1. The minimum absolute atomic E-state index is 0.000960. The third-order valence-electron chi connectivity index (χ3n) is 2.77. The van der Waals surface area contributed by atoms with Crippen LogP contribution in [-0.4, -0.2) is 10.2 Å². The molecule has 1 atom stereocenters. The summed E-state index contributed by atoms with van der Waals surface area (Å²) in [5, 5.41) is 11.9. The van der Waals surface area contributed by atoms with Gasteiger partial charge in [-0.3, -0.25) is 0 Å². The van der Waals surface area contributed by atoms with E-state index in [0.29, 0.717) is 5.82 Å². The lowest BCUT2D eigenvalue weighted by molar-refractivity contribution is -0.141. The molecule has 3 nitrogen and oxygen atoms in total. The van der Waals surface area contributed by atoms with Gasteiger partial charge in [-0.15, -0.1) is 21.5 Å². The van der Waals surface area contributed by atoms with Crippen LogP contribution in [0.2, 0.25) is 0 Å². The molecule has 0 saturated carbocycles. The molecule has 0 aliphatic carbocycles. The molecule has 0 amide bonds. The Balaban J connectivity index is 2.16. The van der Waals surface area contributed by atoms with E-state index in [9.17, 15) is 13.2 Å². The molecular formula is C13H14F3N3S. The van der Waals surface area contributed by atoms with Gasteiger partial charge >= 0.3 is 6.18 Å². The maximum absolute atomic E-state index is 12.4. The third kappa shape index (κ3) is 3.47. The quantitative estimate of drug-likeness (QED) is 0.911. The number of hydrogen-bond donors (Lipinski definition) is 1. The minimum Gasteiger partial charge on any atom is -0.361 e. The number of halogens is 3. The first kappa shape index (κ1) is 14.8. The van der Waals surface area contributed by atoms with Gasteiger partial charge in [0.15, 0.2) is 5.69 Å². The van der Waals surface area contributed by atoms with Gasteiger partial charge in [-0.25, -0.2) is 0 Å². The van der Waals surface area contributed by atoms with E-state index >= 15 is 0 Å². The van der Waals surface area contributed by atoms with Crippen LogP contribution in [0.5, 0.6) is 0 Å². The van der Waals surface area contributed by atoms with Crippen molar-refractivity contribution in [2.24, 2.45) is 5.92 Å². The van der Waals surface area contributed by atoms with Crippen molar-refractivity contribution in [2.45, 2.75) is 26.1 Å². The Hall–Kier alpha value is -1.63. The molecule has 20 heavy (non-hydrogen) atoms. The van der Waals surface area contributed by atoms with Gasteiger partial charge in [0.1, 0.15) is 5.82 Å². The largest absolute Gasteiger partial charge is 0.435 e. The first-order chi connectivity index (χ1) is 9.38. The fourth-order valence-electron chi connectivity index (χ4n) is 1.75. The summed E-state index contributed by atoms with van der Waals surface area (Å²) < 4.78 is 37.2. The molecule has 0 bridgehead atoms. The number of nitrogens with one attached hydrogen (secondary N) is 1. The van der Waals surface area contributed by atoms with E-state index in [1.807, 2.05) is 31.4 Å². The highest BCUT2D eigenvalue weighted by Crippen LogP contribution is 2.30. The molecule has 108 valence electrons. The summed E-state index contributed by atoms with van der Waals surface area (Å²) >= 11 is 1.60. The molecule has 7 heteroatoms. The molecule has 1 unspecified atom stereocenters. The standard InChI is InChI=1S/C13H14F3N3S/c1-8(2)12(9-4-3-7-20-9)17-11-6-5-10(18-19-11)13(14,15)16/h3-8,12H,1-2H3,(H,17,19). The molecule has 2 aromatic heterocycles. The number of thiophene rings is 1. The minimum atomic E-state index is -4.46. The molecule has 0 aliphatic rings. The van der Waals surface area contributed by atoms with E-state index in [1.54, 1.807) is 11.3 Å². The monoisotopic (exact) mass is 301 g/mol. The zero-order valence-corrected chi connectivity index (χ0v) is 11.8. The molecule has 0 spiro atoms. The van der Waals surface area contributed by atoms with Gasteiger partial charge in [-0.2, -0.15) is 13.2 Å². The van der Waals surface area contributed by atoms with Crippen molar-refractivity contribution < 1.29 is 13.2 Å². The Kier molecular flexibility index (Phi) is 4.27. The zero-order valence-electron chi connectivity index (χ0n) is 11.0. The SMILES string of the molecule is CC(C)C(Nc1ccc(C(F)(F)F)nn1)c1cccs1. The summed E-state index contributed by atoms with van der Waals surface area (Å²) in [5.41, 5.74) is -0.986. The average molecular weight is 301 g/mol. The van der Waals surface area contributed by atoms with Gasteiger partial charge in [0.25, 0.3) is 0 Å². The molecule has 0 saturated heterocycles. The van der Waals surface area contributed by atoms with Gasteiger partial charge in [0, 0.05) is 4.88 Å². The van der Waals surface area contributed by atoms with Crippen LogP contribution in [0.3, 0.4) is 0 Å². The van der Waals surface area contributed by atoms with Gasteiger partial charge in [0.2, 0.25) is 0 Å². The van der Waals surface area contributed by atoms with Crippen LogP contribution in [0.25, 0.3) is 0 Å². The summed E-state index contributed by atoms with van der Waals surface area (Å²) in [6.45, 7) is 4.07. The maximum atomic E-state index is 12.4. The van der Waals surface area contributed by atoms with Crippen LogP contribution >= 0.6 is 11.3 Å². The Morgan fingerprint density at radius 3 is 2.35 bits per heavy atom. The fourth-order valence-corrected chi connectivity index (χ4v) is 2.70. The number of aromatic nitrogens is 2. The van der Waals surface area contributed by atoms with Crippen molar-refractivity contribution in [3.63, 3.8) is 0 Å². The van der Waals surface area contributed by atoms with Crippen LogP contribution < -0.4 is 5.32 Å². The van der Waals surface area contributed by atoms with Crippen LogP contribution in [-0.2, 0) is 6.18 Å². The number of alkyl halides is 3. The normalized spacial score (nSPS) is 13.5. The number of anilines is 1. The van der Waals surface area contributed by atoms with E-state index in [2.05, 4.69) is 15.5 Å². The molecule has 2 heterocycles. The topological polar surface area (TPSA) is 37.8 Å². The van der Waals surface area contributed by atoms with Crippen molar-refractivity contribution in [2.75, 3.05) is 5.32 Å². The summed E-state index contributed by atoms with van der Waals surface area (Å²) in [6.07, 6.45) is -4.46. The molecule has 2 rings (SSSR count). The lowest BCUT2D eigenvalue weighted by atomic mass is 10.0. The van der Waals surface area contributed by atoms with E-state index in [1.165, 1.54) is 6.07 Å². The molecule has 0 aliphatic heterocycles. The number of nitrogens with zero attached hydrogens (tertiary/aromatic N) is 2. The smallest absolute Gasteiger partial charge is 0.361 e. The second-order valence-corrected chi connectivity index (χ2v) is 5.66. The molecule has 0 fully saturated rings. The zero-order chi connectivity index (χ0) is 14.8. The van der Waals surface area contributed by atoms with E-state index in [0.717, 1.165) is 10.9 Å². The summed E-state index contributed by atoms with van der Waals surface area (Å²) in [4.78, 5) is 1.11. The second-order valence-electron chi connectivity index (χ2n) is 4.68. The van der Waals surface area contributed by atoms with Crippen molar-refractivity contribution in [3.8, 4) is 0 Å². The van der Waals surface area contributed by atoms with Crippen LogP contribution in [0.1, 0.15) is 30.5 Å². The maximum Gasteiger partial charge on any atom is 0.435 e. The van der Waals surface area contributed by atoms with E-state index < -0.39 is 11.9 Å². The Morgan fingerprint density at radius 2 is 1.90 bits per heavy atom. The van der Waals surface area contributed by atoms with Crippen molar-refractivity contribution in [1.82, 2.24) is 10.2 Å². The first-order valence-corrected chi connectivity index (χ1v) is 6.97. The highest BCUT2D eigenvalue weighted by Gasteiger charge is 2.33. The molecule has 0 radical (unpaired) electrons. The van der Waals surface area contributed by atoms with Crippen molar-refractivity contribution in [3.05, 3.63) is 40.2 Å². The predicted molar refractivity (Wildman–Crippen MR) is 72.6 cm³/mol. The Labute approximate surface area is 118 Å². The lowest BCUT2D eigenvalue weighted by Gasteiger charge is -2.21. The van der Waals surface area contributed by atoms with Gasteiger partial charge < -0.3 is 5.32 Å². The second kappa shape index (κ2) is 5.78. The first-order valence-electron chi connectivity index (χ1n) is 6.09. The van der Waals surface area contributed by atoms with Crippen LogP contribution in [0.15, 0.2) is 29.6 Å². The predicted octanol–water partition coefficient (Wildman–Crippen LogP) is 4.37. The summed E-state index contributed by atoms with van der Waals surface area (Å²) in [5.74, 6) is 0.614. The molecule has 2 aromatic rings. The van der Waals surface area contributed by atoms with Gasteiger partial charge in [0.05, 0.1) is 6.04 Å². The average Bonchev–Trinajstić information content (AvgIpc) is 2.88. The van der Waals surface area contributed by atoms with E-state index in [4.69, 9.17) is 0 Å². The molecule has 0 aromatic carbocycles. The third-order valence-corrected chi connectivity index (χ3v) is 3.73. The highest BCUT2D eigenvalue weighted by molar-refractivity contribution is 7.10. The molecule has 1 N–H and O–H groups in total. The Morgan fingerprint density at radius 1 is 1.15 bits per heavy atom. The number of rotatable bonds is 4. The van der Waals surface area contributed by atoms with Crippen LogP contribution in [0, 0.1) is 5.92 Å².